The van der Waals surface area contributed by atoms with Crippen molar-refractivity contribution < 1.29 is 31.9 Å². The number of morpholine rings is 1. The Balaban J connectivity index is 1.51. The zero-order valence-corrected chi connectivity index (χ0v) is 20.0. The molecule has 1 spiro atoms. The molecular formula is C24H19F4N5O3S. The lowest BCUT2D eigenvalue weighted by molar-refractivity contribution is -0.138. The Kier molecular flexibility index (Phi) is 6.12. The molecule has 3 aliphatic rings. The van der Waals surface area contributed by atoms with E-state index >= 15 is 4.39 Å². The average molecular weight is 534 g/mol. The molecule has 37 heavy (non-hydrogen) atoms. The fourth-order valence-electron chi connectivity index (χ4n) is 4.84. The van der Waals surface area contributed by atoms with Crippen LogP contribution in [-0.4, -0.2) is 58.7 Å². The second-order valence-corrected chi connectivity index (χ2v) is 9.28. The van der Waals surface area contributed by atoms with Crippen molar-refractivity contribution in [2.45, 2.75) is 31.0 Å². The van der Waals surface area contributed by atoms with Crippen molar-refractivity contribution in [1.82, 2.24) is 9.88 Å². The number of carbonyl (C=O) groups is 2. The molecule has 2 aliphatic heterocycles. The van der Waals surface area contributed by atoms with Crippen LogP contribution in [0.4, 0.5) is 28.9 Å². The summed E-state index contributed by atoms with van der Waals surface area (Å²) in [6.45, 7) is 1.38. The highest BCUT2D eigenvalue weighted by Crippen LogP contribution is 2.48. The summed E-state index contributed by atoms with van der Waals surface area (Å²) >= 11 is 5.53. The molecule has 2 amide bonds. The van der Waals surface area contributed by atoms with Crippen molar-refractivity contribution in [1.29, 1.82) is 5.26 Å². The number of rotatable bonds is 3. The predicted molar refractivity (Wildman–Crippen MR) is 126 cm³/mol. The van der Waals surface area contributed by atoms with Gasteiger partial charge in [-0.1, -0.05) is 0 Å². The quantitative estimate of drug-likeness (QED) is 0.440. The first-order chi connectivity index (χ1) is 17.6. The van der Waals surface area contributed by atoms with Crippen molar-refractivity contribution in [2.75, 3.05) is 36.1 Å². The van der Waals surface area contributed by atoms with Crippen LogP contribution in [0.25, 0.3) is 0 Å². The molecule has 0 bridgehead atoms. The molecule has 1 saturated carbocycles. The number of benzene rings is 1. The summed E-state index contributed by atoms with van der Waals surface area (Å²) < 4.78 is 61.0. The summed E-state index contributed by atoms with van der Waals surface area (Å²) in [6, 6.07) is 5.96. The molecule has 2 saturated heterocycles. The van der Waals surface area contributed by atoms with Crippen LogP contribution in [-0.2, 0) is 15.7 Å². The van der Waals surface area contributed by atoms with Gasteiger partial charge in [0.05, 0.1) is 36.2 Å². The van der Waals surface area contributed by atoms with Crippen molar-refractivity contribution in [3.05, 3.63) is 53.1 Å². The Labute approximate surface area is 214 Å². The first kappa shape index (κ1) is 25.0. The fraction of sp³-hybridized carbons (Fsp3) is 0.375. The number of thiocarbonyl (C=S) groups is 1. The Morgan fingerprint density at radius 1 is 1.16 bits per heavy atom. The van der Waals surface area contributed by atoms with Crippen LogP contribution in [0.5, 0.6) is 0 Å². The Hall–Kier alpha value is -3.63. The zero-order chi connectivity index (χ0) is 26.5. The van der Waals surface area contributed by atoms with Crippen LogP contribution in [0.2, 0.25) is 0 Å². The van der Waals surface area contributed by atoms with Gasteiger partial charge in [-0.15, -0.1) is 0 Å². The molecule has 192 valence electrons. The Bertz CT molecular complexity index is 1350. The first-order valence-corrected chi connectivity index (χ1v) is 11.8. The van der Waals surface area contributed by atoms with E-state index in [0.717, 1.165) is 17.2 Å². The molecule has 3 fully saturated rings. The Morgan fingerprint density at radius 2 is 1.86 bits per heavy atom. The van der Waals surface area contributed by atoms with E-state index in [-0.39, 0.29) is 22.1 Å². The van der Waals surface area contributed by atoms with Crippen molar-refractivity contribution in [2.24, 2.45) is 0 Å². The maximum absolute atomic E-state index is 15.2. The molecule has 3 heterocycles. The number of anilines is 2. The van der Waals surface area contributed by atoms with E-state index < -0.39 is 40.6 Å². The van der Waals surface area contributed by atoms with Gasteiger partial charge in [-0.05, 0) is 55.7 Å². The number of hydrogen-bond acceptors (Lipinski definition) is 6. The zero-order valence-electron chi connectivity index (χ0n) is 19.2. The van der Waals surface area contributed by atoms with Crippen LogP contribution in [0, 0.1) is 17.1 Å². The largest absolute Gasteiger partial charge is 0.419 e. The third-order valence-electron chi connectivity index (χ3n) is 6.87. The number of nitrogens with zero attached hydrogens (tertiary/aromatic N) is 5. The van der Waals surface area contributed by atoms with Gasteiger partial charge in [0.25, 0.3) is 11.8 Å². The number of halogens is 4. The van der Waals surface area contributed by atoms with Gasteiger partial charge >= 0.3 is 6.18 Å². The minimum atomic E-state index is -4.88. The van der Waals surface area contributed by atoms with Crippen molar-refractivity contribution in [3.63, 3.8) is 0 Å². The molecule has 0 radical (unpaired) electrons. The topological polar surface area (TPSA) is 89.8 Å². The molecule has 13 heteroatoms. The summed E-state index contributed by atoms with van der Waals surface area (Å²) in [6.07, 6.45) is -2.52. The van der Waals surface area contributed by atoms with Gasteiger partial charge in [-0.25, -0.2) is 9.37 Å². The summed E-state index contributed by atoms with van der Waals surface area (Å²) in [7, 11) is 0. The number of ether oxygens (including phenoxy) is 1. The summed E-state index contributed by atoms with van der Waals surface area (Å²) in [5, 5.41) is 8.90. The minimum Gasteiger partial charge on any atom is -0.378 e. The number of hydrogen-bond donors (Lipinski definition) is 0. The van der Waals surface area contributed by atoms with Gasteiger partial charge in [0.1, 0.15) is 17.4 Å². The number of alkyl halides is 3. The van der Waals surface area contributed by atoms with Gasteiger partial charge in [-0.3, -0.25) is 14.5 Å². The predicted octanol–water partition coefficient (Wildman–Crippen LogP) is 3.64. The summed E-state index contributed by atoms with van der Waals surface area (Å²) in [5.74, 6) is -1.86. The monoisotopic (exact) mass is 533 g/mol. The maximum Gasteiger partial charge on any atom is 0.419 e. The number of carbonyl (C=O) groups excluding carboxylic acids is 2. The third kappa shape index (κ3) is 4.00. The molecule has 0 N–H and O–H groups in total. The van der Waals surface area contributed by atoms with Gasteiger partial charge in [-0.2, -0.15) is 18.4 Å². The maximum atomic E-state index is 15.2. The van der Waals surface area contributed by atoms with Crippen LogP contribution in [0.15, 0.2) is 30.5 Å². The van der Waals surface area contributed by atoms with E-state index in [9.17, 15) is 22.8 Å². The lowest BCUT2D eigenvalue weighted by atomic mass is 9.75. The molecule has 2 aromatic rings. The Morgan fingerprint density at radius 3 is 2.43 bits per heavy atom. The second kappa shape index (κ2) is 9.04. The number of pyridine rings is 1. The molecule has 1 aromatic carbocycles. The van der Waals surface area contributed by atoms with Gasteiger partial charge < -0.3 is 14.5 Å². The molecule has 1 aromatic heterocycles. The van der Waals surface area contributed by atoms with E-state index in [1.807, 2.05) is 0 Å². The second-order valence-electron chi connectivity index (χ2n) is 8.91. The van der Waals surface area contributed by atoms with Crippen LogP contribution >= 0.6 is 12.2 Å². The van der Waals surface area contributed by atoms with Crippen molar-refractivity contribution in [3.8, 4) is 6.07 Å². The van der Waals surface area contributed by atoms with Crippen LogP contribution < -0.4 is 9.80 Å². The number of aromatic nitrogens is 1. The number of nitriles is 1. The highest BCUT2D eigenvalue weighted by atomic mass is 32.1. The minimum absolute atomic E-state index is 0.143. The first-order valence-electron chi connectivity index (χ1n) is 11.4. The fourth-order valence-corrected chi connectivity index (χ4v) is 5.31. The third-order valence-corrected chi connectivity index (χ3v) is 7.24. The lowest BCUT2D eigenvalue weighted by Gasteiger charge is -2.43. The highest BCUT2D eigenvalue weighted by molar-refractivity contribution is 7.81. The smallest absolute Gasteiger partial charge is 0.378 e. The molecule has 0 atom stereocenters. The van der Waals surface area contributed by atoms with E-state index in [1.165, 1.54) is 28.0 Å². The highest BCUT2D eigenvalue weighted by Gasteiger charge is 2.60. The van der Waals surface area contributed by atoms with Gasteiger partial charge in [0, 0.05) is 18.8 Å². The SMILES string of the molecule is N#Cc1ncc(N2C(=O)C3(CCC3)N(c3ccc(C(=O)N4CCOCC4)c(F)c3)C2=S)cc1C(F)(F)F. The van der Waals surface area contributed by atoms with Crippen LogP contribution in [0.3, 0.4) is 0 Å². The molecule has 1 aliphatic carbocycles. The van der Waals surface area contributed by atoms with Gasteiger partial charge in [0.15, 0.2) is 10.8 Å². The van der Waals surface area contributed by atoms with E-state index in [0.29, 0.717) is 51.6 Å². The average Bonchev–Trinajstić information content (AvgIpc) is 3.09. The summed E-state index contributed by atoms with van der Waals surface area (Å²) in [5.41, 5.74) is -3.49. The molecule has 0 unspecified atom stereocenters. The van der Waals surface area contributed by atoms with Crippen molar-refractivity contribution >= 4 is 40.5 Å². The molecule has 8 nitrogen and oxygen atoms in total. The van der Waals surface area contributed by atoms with E-state index in [4.69, 9.17) is 22.2 Å². The number of amides is 2. The molecule has 5 rings (SSSR count). The molecular weight excluding hydrogens is 514 g/mol. The van der Waals surface area contributed by atoms with Gasteiger partial charge in [0.2, 0.25) is 0 Å². The normalized spacial score (nSPS) is 19.3. The summed E-state index contributed by atoms with van der Waals surface area (Å²) in [4.78, 5) is 33.8. The van der Waals surface area contributed by atoms with E-state index in [2.05, 4.69) is 4.98 Å². The lowest BCUT2D eigenvalue weighted by Crippen LogP contribution is -2.55. The standard InChI is InChI=1S/C24H19F4N5O3S/c25-18-11-14(2-3-16(18)20(34)31-6-8-36-9-7-31)33-22(37)32(21(35)23(33)4-1-5-23)15-10-17(24(26,27)28)19(12-29)30-13-15/h2-3,10-11,13H,1,4-9H2. The van der Waals surface area contributed by atoms with Crippen LogP contribution in [0.1, 0.15) is 40.9 Å². The van der Waals surface area contributed by atoms with E-state index in [1.54, 1.807) is 0 Å².